The average Bonchev–Trinajstić information content (AvgIpc) is 3.38. The number of fused-ring (bicyclic) bond motifs is 1. The minimum absolute atomic E-state index is 0.305. The highest BCUT2D eigenvalue weighted by atomic mass is 16.5. The fourth-order valence-electron chi connectivity index (χ4n) is 4.64. The fraction of sp³-hybridized carbons (Fsp3) is 0.583. The summed E-state index contributed by atoms with van der Waals surface area (Å²) in [6.07, 6.45) is 6.62. The van der Waals surface area contributed by atoms with Crippen molar-refractivity contribution in [3.05, 3.63) is 29.5 Å². The smallest absolute Gasteiger partial charge is 0.187 e. The van der Waals surface area contributed by atoms with Gasteiger partial charge in [0.05, 0.1) is 19.4 Å². The standard InChI is InChI=1S/C24H35N7O2/c1-3-17-13-22(30-29-17)26-23-18-14-20(32-2)21(33-12-6-11-31-9-4-5-10-31)15-19(18)27-24(25,28-23)16-7-8-16/h13-16,27H,3-12,25H2,1-2H3,(H2,26,28,29,30). The van der Waals surface area contributed by atoms with Crippen molar-refractivity contribution in [2.75, 3.05) is 44.0 Å². The van der Waals surface area contributed by atoms with E-state index >= 15 is 0 Å². The number of likely N-dealkylation sites (tertiary alicyclic amines) is 1. The molecule has 3 heterocycles. The molecule has 5 N–H and O–H groups in total. The van der Waals surface area contributed by atoms with Gasteiger partial charge in [-0.2, -0.15) is 5.10 Å². The molecule has 2 fully saturated rings. The van der Waals surface area contributed by atoms with Crippen LogP contribution >= 0.6 is 0 Å². The molecule has 2 aromatic rings. The van der Waals surface area contributed by atoms with Crippen LogP contribution in [0.1, 0.15) is 50.3 Å². The third kappa shape index (κ3) is 4.79. The van der Waals surface area contributed by atoms with Crippen LogP contribution < -0.4 is 25.8 Å². The predicted octanol–water partition coefficient (Wildman–Crippen LogP) is 3.15. The van der Waals surface area contributed by atoms with E-state index in [0.717, 1.165) is 60.7 Å². The first-order chi connectivity index (χ1) is 16.1. The van der Waals surface area contributed by atoms with Crippen LogP contribution in [0.4, 0.5) is 11.5 Å². The number of amidine groups is 1. The third-order valence-electron chi connectivity index (χ3n) is 6.72. The van der Waals surface area contributed by atoms with Crippen molar-refractivity contribution >= 4 is 17.3 Å². The van der Waals surface area contributed by atoms with Crippen molar-refractivity contribution in [1.82, 2.24) is 15.1 Å². The number of methoxy groups -OCH3 is 1. The maximum Gasteiger partial charge on any atom is 0.187 e. The van der Waals surface area contributed by atoms with Crippen molar-refractivity contribution in [2.24, 2.45) is 16.6 Å². The molecule has 3 aliphatic rings. The molecule has 2 aliphatic heterocycles. The fourth-order valence-corrected chi connectivity index (χ4v) is 4.64. The second-order valence-corrected chi connectivity index (χ2v) is 9.24. The summed E-state index contributed by atoms with van der Waals surface area (Å²) in [5, 5.41) is 14.3. The molecule has 9 nitrogen and oxygen atoms in total. The van der Waals surface area contributed by atoms with E-state index in [1.807, 2.05) is 18.2 Å². The Hall–Kier alpha value is -2.78. The monoisotopic (exact) mass is 453 g/mol. The highest BCUT2D eigenvalue weighted by Gasteiger charge is 2.45. The van der Waals surface area contributed by atoms with Crippen molar-refractivity contribution in [1.29, 1.82) is 0 Å². The van der Waals surface area contributed by atoms with Gasteiger partial charge >= 0.3 is 0 Å². The summed E-state index contributed by atoms with van der Waals surface area (Å²) in [5.74, 6) is 2.26. The topological polar surface area (TPSA) is 113 Å². The van der Waals surface area contributed by atoms with Gasteiger partial charge in [-0.25, -0.2) is 4.99 Å². The van der Waals surface area contributed by atoms with Crippen molar-refractivity contribution in [3.63, 3.8) is 0 Å². The molecule has 1 aromatic heterocycles. The molecular weight excluding hydrogens is 418 g/mol. The van der Waals surface area contributed by atoms with Gasteiger partial charge in [0, 0.05) is 35.9 Å². The van der Waals surface area contributed by atoms with Crippen molar-refractivity contribution in [2.45, 2.75) is 51.2 Å². The number of hydrogen-bond donors (Lipinski definition) is 4. The summed E-state index contributed by atoms with van der Waals surface area (Å²) in [6, 6.07) is 5.95. The molecular formula is C24H35N7O2. The Labute approximate surface area is 195 Å². The first-order valence-electron chi connectivity index (χ1n) is 12.1. The maximum atomic E-state index is 6.72. The van der Waals surface area contributed by atoms with E-state index in [2.05, 4.69) is 32.7 Å². The molecule has 33 heavy (non-hydrogen) atoms. The largest absolute Gasteiger partial charge is 0.493 e. The van der Waals surface area contributed by atoms with Gasteiger partial charge in [0.2, 0.25) is 0 Å². The van der Waals surface area contributed by atoms with Crippen LogP contribution in [0.3, 0.4) is 0 Å². The summed E-state index contributed by atoms with van der Waals surface area (Å²) >= 11 is 0. The van der Waals surface area contributed by atoms with Crippen molar-refractivity contribution in [3.8, 4) is 11.5 Å². The van der Waals surface area contributed by atoms with Crippen LogP contribution in [0.5, 0.6) is 11.5 Å². The van der Waals surface area contributed by atoms with E-state index in [0.29, 0.717) is 24.1 Å². The number of hydrogen-bond acceptors (Lipinski definition) is 8. The summed E-state index contributed by atoms with van der Waals surface area (Å²) in [4.78, 5) is 7.39. The van der Waals surface area contributed by atoms with Gasteiger partial charge < -0.3 is 25.0 Å². The quantitative estimate of drug-likeness (QED) is 0.432. The van der Waals surface area contributed by atoms with E-state index in [9.17, 15) is 0 Å². The zero-order valence-corrected chi connectivity index (χ0v) is 19.6. The number of aryl methyl sites for hydroxylation is 1. The minimum Gasteiger partial charge on any atom is -0.493 e. The molecule has 1 atom stereocenters. The van der Waals surface area contributed by atoms with Gasteiger partial charge in [-0.05, 0) is 57.7 Å². The second-order valence-electron chi connectivity index (χ2n) is 9.24. The highest BCUT2D eigenvalue weighted by molar-refractivity contribution is 6.13. The van der Waals surface area contributed by atoms with E-state index in [1.165, 1.54) is 25.9 Å². The minimum atomic E-state index is -0.846. The zero-order chi connectivity index (χ0) is 22.8. The molecule has 5 rings (SSSR count). The second kappa shape index (κ2) is 9.23. The molecule has 0 radical (unpaired) electrons. The highest BCUT2D eigenvalue weighted by Crippen LogP contribution is 2.44. The Morgan fingerprint density at radius 1 is 1.21 bits per heavy atom. The normalized spacial score (nSPS) is 22.5. The number of rotatable bonds is 9. The van der Waals surface area contributed by atoms with Gasteiger partial charge in [-0.3, -0.25) is 10.8 Å². The van der Waals surface area contributed by atoms with Crippen molar-refractivity contribution < 1.29 is 9.47 Å². The van der Waals surface area contributed by atoms with Gasteiger partial charge in [0.1, 0.15) is 5.84 Å². The Morgan fingerprint density at radius 3 is 2.73 bits per heavy atom. The molecule has 1 saturated carbocycles. The first-order valence-corrected chi connectivity index (χ1v) is 12.1. The number of anilines is 2. The van der Waals surface area contributed by atoms with Gasteiger partial charge in [0.15, 0.2) is 23.1 Å². The molecule has 0 bridgehead atoms. The summed E-state index contributed by atoms with van der Waals surface area (Å²) in [7, 11) is 1.66. The third-order valence-corrected chi connectivity index (χ3v) is 6.72. The Bertz CT molecular complexity index is 1010. The lowest BCUT2D eigenvalue weighted by atomic mass is 10.0. The average molecular weight is 454 g/mol. The molecule has 1 aliphatic carbocycles. The predicted molar refractivity (Wildman–Crippen MR) is 130 cm³/mol. The molecule has 1 unspecified atom stereocenters. The number of nitrogens with one attached hydrogen (secondary N) is 3. The Balaban J connectivity index is 1.37. The molecule has 0 spiro atoms. The first kappa shape index (κ1) is 22.0. The summed E-state index contributed by atoms with van der Waals surface area (Å²) < 4.78 is 11.8. The van der Waals surface area contributed by atoms with E-state index in [1.54, 1.807) is 7.11 Å². The van der Waals surface area contributed by atoms with Gasteiger partial charge in [-0.1, -0.05) is 6.92 Å². The van der Waals surface area contributed by atoms with Crippen LogP contribution in [0.2, 0.25) is 0 Å². The number of benzene rings is 1. The summed E-state index contributed by atoms with van der Waals surface area (Å²) in [5.41, 5.74) is 9.56. The van der Waals surface area contributed by atoms with Crippen LogP contribution in [0.15, 0.2) is 23.2 Å². The van der Waals surface area contributed by atoms with E-state index in [-0.39, 0.29) is 0 Å². The SMILES string of the molecule is CCc1cc(NC2=NC(N)(C3CC3)Nc3cc(OCCCN4CCCC4)c(OC)cc32)n[nH]1. The lowest BCUT2D eigenvalue weighted by Crippen LogP contribution is -2.52. The number of nitrogens with zero attached hydrogens (tertiary/aromatic N) is 3. The van der Waals surface area contributed by atoms with E-state index < -0.39 is 5.79 Å². The maximum absolute atomic E-state index is 6.72. The summed E-state index contributed by atoms with van der Waals surface area (Å²) in [6.45, 7) is 6.22. The number of H-pyrrole nitrogens is 1. The van der Waals surface area contributed by atoms with Crippen LogP contribution in [0, 0.1) is 5.92 Å². The van der Waals surface area contributed by atoms with Gasteiger partial charge in [-0.15, -0.1) is 0 Å². The Kier molecular flexibility index (Phi) is 6.16. The number of ether oxygens (including phenoxy) is 2. The van der Waals surface area contributed by atoms with Crippen LogP contribution in [0.25, 0.3) is 0 Å². The lowest BCUT2D eigenvalue weighted by molar-refractivity contribution is 0.254. The zero-order valence-electron chi connectivity index (χ0n) is 19.6. The number of aromatic nitrogens is 2. The molecule has 1 saturated heterocycles. The number of aliphatic imine (C=N–C) groups is 1. The van der Waals surface area contributed by atoms with Crippen LogP contribution in [-0.4, -0.2) is 60.1 Å². The number of aromatic amines is 1. The lowest BCUT2D eigenvalue weighted by Gasteiger charge is -2.34. The van der Waals surface area contributed by atoms with E-state index in [4.69, 9.17) is 20.2 Å². The van der Waals surface area contributed by atoms with Gasteiger partial charge in [0.25, 0.3) is 0 Å². The molecule has 178 valence electrons. The molecule has 0 amide bonds. The Morgan fingerprint density at radius 2 is 2.03 bits per heavy atom. The molecule has 1 aromatic carbocycles. The molecule has 9 heteroatoms. The van der Waals surface area contributed by atoms with Crippen LogP contribution in [-0.2, 0) is 6.42 Å². The number of nitrogens with two attached hydrogens (primary N) is 1.